The summed E-state index contributed by atoms with van der Waals surface area (Å²) in [6.07, 6.45) is 9.09. The van der Waals surface area contributed by atoms with E-state index in [1.165, 1.54) is 21.9 Å². The van der Waals surface area contributed by atoms with Gasteiger partial charge in [0.15, 0.2) is 0 Å². The first-order valence-corrected chi connectivity index (χ1v) is 12.7. The summed E-state index contributed by atoms with van der Waals surface area (Å²) >= 11 is 0. The molecule has 0 saturated carbocycles. The van der Waals surface area contributed by atoms with E-state index in [9.17, 15) is 0 Å². The Hall–Kier alpha value is -4.32. The first-order valence-electron chi connectivity index (χ1n) is 12.7. The Morgan fingerprint density at radius 3 is 1.82 bits per heavy atom. The molecule has 0 fully saturated rings. The number of hydrogen-bond donors (Lipinski definition) is 2. The molecule has 0 spiro atoms. The third kappa shape index (κ3) is 5.35. The van der Waals surface area contributed by atoms with Crippen molar-refractivity contribution in [2.45, 2.75) is 53.9 Å². The quantitative estimate of drug-likeness (QED) is 0.252. The molecule has 0 aliphatic heterocycles. The van der Waals surface area contributed by atoms with Crippen molar-refractivity contribution < 1.29 is 0 Å². The number of benzene rings is 2. The Balaban J connectivity index is 0.000000173. The fourth-order valence-corrected chi connectivity index (χ4v) is 4.80. The maximum absolute atomic E-state index is 4.50. The Labute approximate surface area is 224 Å². The van der Waals surface area contributed by atoms with Gasteiger partial charge in [-0.25, -0.2) is 19.9 Å². The van der Waals surface area contributed by atoms with Gasteiger partial charge in [0.1, 0.15) is 12.7 Å². The van der Waals surface area contributed by atoms with Crippen LogP contribution in [0.15, 0.2) is 79.8 Å². The molecule has 38 heavy (non-hydrogen) atoms. The summed E-state index contributed by atoms with van der Waals surface area (Å²) in [4.78, 5) is 23.9. The summed E-state index contributed by atoms with van der Waals surface area (Å²) in [6.45, 7) is 10.7. The van der Waals surface area contributed by atoms with Crippen molar-refractivity contribution in [2.75, 3.05) is 0 Å². The van der Waals surface area contributed by atoms with Crippen LogP contribution in [-0.2, 0) is 0 Å². The minimum absolute atomic E-state index is 0. The lowest BCUT2D eigenvalue weighted by Crippen LogP contribution is -2.01. The van der Waals surface area contributed by atoms with E-state index in [1.54, 1.807) is 12.7 Å². The zero-order valence-electron chi connectivity index (χ0n) is 21.9. The third-order valence-electron chi connectivity index (χ3n) is 6.68. The lowest BCUT2D eigenvalue weighted by molar-refractivity contribution is 0.833. The molecular formula is C32H36N6. The SMILES string of the molecule is C.CC(C)c1cncnc1-c1ccc2cc[nH]c2c1.Cc1ncnc(-c2ccc3cc[nH]c3c2)c1C(C)C. The average Bonchev–Trinajstić information content (AvgIpc) is 3.57. The van der Waals surface area contributed by atoms with Crippen molar-refractivity contribution in [3.63, 3.8) is 0 Å². The first-order chi connectivity index (χ1) is 17.9. The highest BCUT2D eigenvalue weighted by molar-refractivity contribution is 5.85. The second-order valence-corrected chi connectivity index (χ2v) is 9.92. The number of aromatic nitrogens is 6. The standard InChI is InChI=1S/C16H17N3.C15H15N3.CH4/c1-10(2)15-11(3)18-9-19-16(15)13-5-4-12-6-7-17-14(12)8-13;1-10(2)13-8-16-9-18-15(13)12-4-3-11-5-6-17-14(11)7-12;/h4-10,17H,1-3H3;3-10,17H,1-2H3;1H4. The molecule has 0 amide bonds. The fraction of sp³-hybridized carbons (Fsp3) is 0.250. The van der Waals surface area contributed by atoms with Gasteiger partial charge in [0, 0.05) is 52.0 Å². The van der Waals surface area contributed by atoms with Crippen LogP contribution in [0.3, 0.4) is 0 Å². The summed E-state index contributed by atoms with van der Waals surface area (Å²) in [5, 5.41) is 2.44. The van der Waals surface area contributed by atoms with Crippen molar-refractivity contribution in [1.82, 2.24) is 29.9 Å². The molecule has 6 rings (SSSR count). The van der Waals surface area contributed by atoms with Crippen molar-refractivity contribution in [2.24, 2.45) is 0 Å². The number of aryl methyl sites for hydroxylation is 1. The summed E-state index contributed by atoms with van der Waals surface area (Å²) in [7, 11) is 0. The third-order valence-corrected chi connectivity index (χ3v) is 6.68. The maximum atomic E-state index is 4.50. The normalized spacial score (nSPS) is 11.0. The second-order valence-electron chi connectivity index (χ2n) is 9.92. The first kappa shape index (κ1) is 26.7. The molecule has 194 valence electrons. The van der Waals surface area contributed by atoms with Crippen LogP contribution in [0.1, 0.15) is 63.8 Å². The van der Waals surface area contributed by atoms with Crippen LogP contribution in [0.5, 0.6) is 0 Å². The van der Waals surface area contributed by atoms with E-state index < -0.39 is 0 Å². The zero-order chi connectivity index (χ0) is 25.9. The summed E-state index contributed by atoms with van der Waals surface area (Å²) < 4.78 is 0. The summed E-state index contributed by atoms with van der Waals surface area (Å²) in [5.74, 6) is 0.830. The molecule has 2 N–H and O–H groups in total. The minimum Gasteiger partial charge on any atom is -0.361 e. The maximum Gasteiger partial charge on any atom is 0.116 e. The van der Waals surface area contributed by atoms with Crippen molar-refractivity contribution >= 4 is 21.8 Å². The van der Waals surface area contributed by atoms with Crippen LogP contribution in [0.4, 0.5) is 0 Å². The minimum atomic E-state index is 0. The molecule has 6 nitrogen and oxygen atoms in total. The summed E-state index contributed by atoms with van der Waals surface area (Å²) in [6, 6.07) is 16.9. The van der Waals surface area contributed by atoms with E-state index in [2.05, 4.69) is 106 Å². The highest BCUT2D eigenvalue weighted by Crippen LogP contribution is 2.31. The van der Waals surface area contributed by atoms with Gasteiger partial charge < -0.3 is 9.97 Å². The van der Waals surface area contributed by atoms with Gasteiger partial charge in [0.05, 0.1) is 11.4 Å². The fourth-order valence-electron chi connectivity index (χ4n) is 4.80. The number of rotatable bonds is 4. The Morgan fingerprint density at radius 1 is 0.658 bits per heavy atom. The van der Waals surface area contributed by atoms with Gasteiger partial charge in [0.2, 0.25) is 0 Å². The van der Waals surface area contributed by atoms with E-state index in [0.29, 0.717) is 11.8 Å². The predicted octanol–water partition coefficient (Wildman–Crippen LogP) is 8.44. The number of fused-ring (bicyclic) bond motifs is 2. The van der Waals surface area contributed by atoms with Crippen molar-refractivity contribution in [3.8, 4) is 22.5 Å². The van der Waals surface area contributed by atoms with Crippen LogP contribution < -0.4 is 0 Å². The molecular weight excluding hydrogens is 468 g/mol. The van der Waals surface area contributed by atoms with Crippen molar-refractivity contribution in [1.29, 1.82) is 0 Å². The topological polar surface area (TPSA) is 83.1 Å². The van der Waals surface area contributed by atoms with Crippen LogP contribution in [0.25, 0.3) is 44.3 Å². The predicted molar refractivity (Wildman–Crippen MR) is 158 cm³/mol. The van der Waals surface area contributed by atoms with Crippen molar-refractivity contribution in [3.05, 3.63) is 96.6 Å². The summed E-state index contributed by atoms with van der Waals surface area (Å²) in [5.41, 5.74) is 10.1. The molecule has 4 aromatic heterocycles. The average molecular weight is 505 g/mol. The molecule has 0 aliphatic carbocycles. The van der Waals surface area contributed by atoms with E-state index in [0.717, 1.165) is 39.2 Å². The van der Waals surface area contributed by atoms with E-state index in [-0.39, 0.29) is 7.43 Å². The van der Waals surface area contributed by atoms with Gasteiger partial charge in [-0.2, -0.15) is 0 Å². The zero-order valence-corrected chi connectivity index (χ0v) is 21.9. The highest BCUT2D eigenvalue weighted by Gasteiger charge is 2.14. The molecule has 4 heterocycles. The van der Waals surface area contributed by atoms with Gasteiger partial charge in [-0.3, -0.25) is 0 Å². The van der Waals surface area contributed by atoms with Gasteiger partial charge in [-0.15, -0.1) is 0 Å². The molecule has 6 aromatic rings. The number of aromatic amines is 2. The van der Waals surface area contributed by atoms with Gasteiger partial charge >= 0.3 is 0 Å². The monoisotopic (exact) mass is 504 g/mol. The van der Waals surface area contributed by atoms with Crippen LogP contribution in [0.2, 0.25) is 0 Å². The molecule has 0 bridgehead atoms. The van der Waals surface area contributed by atoms with E-state index in [1.807, 2.05) is 25.5 Å². The number of H-pyrrole nitrogens is 2. The van der Waals surface area contributed by atoms with Crippen LogP contribution in [-0.4, -0.2) is 29.9 Å². The largest absolute Gasteiger partial charge is 0.361 e. The second kappa shape index (κ2) is 11.4. The molecule has 2 aromatic carbocycles. The van der Waals surface area contributed by atoms with E-state index in [4.69, 9.17) is 0 Å². The van der Waals surface area contributed by atoms with Crippen LogP contribution in [0, 0.1) is 6.92 Å². The lowest BCUT2D eigenvalue weighted by Gasteiger charge is -2.14. The highest BCUT2D eigenvalue weighted by atomic mass is 14.8. The number of nitrogens with zero attached hydrogens (tertiary/aromatic N) is 4. The number of hydrogen-bond acceptors (Lipinski definition) is 4. The van der Waals surface area contributed by atoms with Gasteiger partial charge in [0.25, 0.3) is 0 Å². The molecule has 0 unspecified atom stereocenters. The molecule has 0 radical (unpaired) electrons. The van der Waals surface area contributed by atoms with E-state index >= 15 is 0 Å². The smallest absolute Gasteiger partial charge is 0.116 e. The molecule has 0 atom stereocenters. The van der Waals surface area contributed by atoms with Crippen LogP contribution >= 0.6 is 0 Å². The lowest BCUT2D eigenvalue weighted by atomic mass is 9.95. The molecule has 0 saturated heterocycles. The Morgan fingerprint density at radius 2 is 1.24 bits per heavy atom. The van der Waals surface area contributed by atoms with Gasteiger partial charge in [-0.05, 0) is 59.4 Å². The van der Waals surface area contributed by atoms with Gasteiger partial charge in [-0.1, -0.05) is 59.4 Å². The number of nitrogens with one attached hydrogen (secondary N) is 2. The molecule has 6 heteroatoms. The molecule has 0 aliphatic rings. The Bertz CT molecular complexity index is 1660. The Kier molecular flexibility index (Phi) is 8.01.